The van der Waals surface area contributed by atoms with E-state index in [-0.39, 0.29) is 17.6 Å². The van der Waals surface area contributed by atoms with Gasteiger partial charge < -0.3 is 4.90 Å². The van der Waals surface area contributed by atoms with Crippen LogP contribution in [0.25, 0.3) is 0 Å². The number of carbonyl (C=O) groups is 2. The lowest BCUT2D eigenvalue weighted by molar-refractivity contribution is -0.126. The molecule has 136 valence electrons. The van der Waals surface area contributed by atoms with Gasteiger partial charge in [0.05, 0.1) is 0 Å². The summed E-state index contributed by atoms with van der Waals surface area (Å²) in [6, 6.07) is 0. The molecule has 1 fully saturated rings. The molecule has 1 aliphatic rings. The van der Waals surface area contributed by atoms with Crippen molar-refractivity contribution in [3.05, 3.63) is 25.3 Å². The molecule has 0 aromatic heterocycles. The molecular formula is C21H35NO2. The standard InChI is InChI=1S/C21H35NO2/c1-5-19(20(23)6-2)11-9-10-17-12-14-18(15-13-17)16-22(8-4)21(24)7-3/h6-7,17-19H,2-3,5,8-16H2,1,4H3/t17?,18?,19-/m1/s1. The summed E-state index contributed by atoms with van der Waals surface area (Å²) in [6.07, 6.45) is 12.1. The third-order valence-electron chi connectivity index (χ3n) is 5.57. The van der Waals surface area contributed by atoms with Gasteiger partial charge in [-0.1, -0.05) is 45.8 Å². The van der Waals surface area contributed by atoms with Crippen LogP contribution in [-0.4, -0.2) is 29.7 Å². The molecule has 0 aromatic carbocycles. The minimum atomic E-state index is 0.0529. The third kappa shape index (κ3) is 6.62. The van der Waals surface area contributed by atoms with Gasteiger partial charge in [0.15, 0.2) is 5.78 Å². The Balaban J connectivity index is 2.28. The molecule has 0 N–H and O–H groups in total. The maximum absolute atomic E-state index is 11.8. The van der Waals surface area contributed by atoms with Crippen LogP contribution in [0.15, 0.2) is 25.3 Å². The van der Waals surface area contributed by atoms with Crippen LogP contribution >= 0.6 is 0 Å². The third-order valence-corrected chi connectivity index (χ3v) is 5.57. The van der Waals surface area contributed by atoms with Crippen molar-refractivity contribution in [2.75, 3.05) is 13.1 Å². The molecular weight excluding hydrogens is 298 g/mol. The summed E-state index contributed by atoms with van der Waals surface area (Å²) >= 11 is 0. The van der Waals surface area contributed by atoms with Gasteiger partial charge in [-0.3, -0.25) is 9.59 Å². The first kappa shape index (κ1) is 20.7. The molecule has 0 radical (unpaired) electrons. The summed E-state index contributed by atoms with van der Waals surface area (Å²) in [5.74, 6) is 1.85. The smallest absolute Gasteiger partial charge is 0.245 e. The van der Waals surface area contributed by atoms with Crippen LogP contribution in [0, 0.1) is 17.8 Å². The van der Waals surface area contributed by atoms with E-state index in [1.165, 1.54) is 44.3 Å². The zero-order chi connectivity index (χ0) is 17.9. The van der Waals surface area contributed by atoms with E-state index >= 15 is 0 Å². The van der Waals surface area contributed by atoms with Crippen LogP contribution < -0.4 is 0 Å². The number of nitrogens with zero attached hydrogens (tertiary/aromatic N) is 1. The van der Waals surface area contributed by atoms with E-state index in [4.69, 9.17) is 0 Å². The largest absolute Gasteiger partial charge is 0.339 e. The lowest BCUT2D eigenvalue weighted by Gasteiger charge is -2.32. The summed E-state index contributed by atoms with van der Waals surface area (Å²) in [4.78, 5) is 25.4. The summed E-state index contributed by atoms with van der Waals surface area (Å²) in [5, 5.41) is 0. The van der Waals surface area contributed by atoms with Gasteiger partial charge in [0.1, 0.15) is 0 Å². The Labute approximate surface area is 148 Å². The van der Waals surface area contributed by atoms with Crippen molar-refractivity contribution in [3.63, 3.8) is 0 Å². The van der Waals surface area contributed by atoms with E-state index in [0.29, 0.717) is 5.92 Å². The van der Waals surface area contributed by atoms with Gasteiger partial charge in [0.2, 0.25) is 5.91 Å². The van der Waals surface area contributed by atoms with Gasteiger partial charge in [-0.05, 0) is 56.6 Å². The van der Waals surface area contributed by atoms with Gasteiger partial charge in [-0.2, -0.15) is 0 Å². The fourth-order valence-electron chi connectivity index (χ4n) is 3.89. The summed E-state index contributed by atoms with van der Waals surface area (Å²) in [6.45, 7) is 12.9. The number of rotatable bonds is 11. The van der Waals surface area contributed by atoms with Crippen LogP contribution in [0.5, 0.6) is 0 Å². The Bertz CT molecular complexity index is 422. The van der Waals surface area contributed by atoms with Crippen molar-refractivity contribution < 1.29 is 9.59 Å². The predicted molar refractivity (Wildman–Crippen MR) is 101 cm³/mol. The molecule has 0 aromatic rings. The number of ketones is 1. The summed E-state index contributed by atoms with van der Waals surface area (Å²) in [5.41, 5.74) is 0. The van der Waals surface area contributed by atoms with Crippen molar-refractivity contribution in [2.45, 2.75) is 65.2 Å². The molecule has 0 aliphatic heterocycles. The normalized spacial score (nSPS) is 21.8. The van der Waals surface area contributed by atoms with Gasteiger partial charge in [0, 0.05) is 19.0 Å². The monoisotopic (exact) mass is 333 g/mol. The Hall–Kier alpha value is -1.38. The average molecular weight is 334 g/mol. The minimum Gasteiger partial charge on any atom is -0.339 e. The number of allylic oxidation sites excluding steroid dienone is 1. The average Bonchev–Trinajstić information content (AvgIpc) is 2.63. The molecule has 1 rings (SSSR count). The lowest BCUT2D eigenvalue weighted by Crippen LogP contribution is -2.35. The molecule has 3 heteroatoms. The minimum absolute atomic E-state index is 0.0529. The predicted octanol–water partition coefficient (Wildman–Crippen LogP) is 4.78. The van der Waals surface area contributed by atoms with E-state index in [9.17, 15) is 9.59 Å². The molecule has 1 aliphatic carbocycles. The molecule has 1 saturated carbocycles. The molecule has 1 amide bonds. The first-order valence-electron chi connectivity index (χ1n) is 9.63. The first-order valence-corrected chi connectivity index (χ1v) is 9.63. The van der Waals surface area contributed by atoms with Gasteiger partial charge in [-0.15, -0.1) is 0 Å². The van der Waals surface area contributed by atoms with Crippen molar-refractivity contribution in [3.8, 4) is 0 Å². The van der Waals surface area contributed by atoms with Crippen LogP contribution in [0.4, 0.5) is 0 Å². The maximum atomic E-state index is 11.8. The molecule has 0 spiro atoms. The van der Waals surface area contributed by atoms with E-state index in [1.807, 2.05) is 11.8 Å². The molecule has 0 unspecified atom stereocenters. The first-order chi connectivity index (χ1) is 11.5. The van der Waals surface area contributed by atoms with Crippen LogP contribution in [0.2, 0.25) is 0 Å². The van der Waals surface area contributed by atoms with Crippen LogP contribution in [-0.2, 0) is 9.59 Å². The van der Waals surface area contributed by atoms with Crippen molar-refractivity contribution >= 4 is 11.7 Å². The molecule has 24 heavy (non-hydrogen) atoms. The Morgan fingerprint density at radius 2 is 1.71 bits per heavy atom. The Morgan fingerprint density at radius 1 is 1.08 bits per heavy atom. The number of hydrogen-bond donors (Lipinski definition) is 0. The molecule has 3 nitrogen and oxygen atoms in total. The van der Waals surface area contributed by atoms with Crippen molar-refractivity contribution in [1.29, 1.82) is 0 Å². The van der Waals surface area contributed by atoms with Crippen LogP contribution in [0.3, 0.4) is 0 Å². The highest BCUT2D eigenvalue weighted by Gasteiger charge is 2.24. The lowest BCUT2D eigenvalue weighted by atomic mass is 9.79. The Morgan fingerprint density at radius 3 is 2.21 bits per heavy atom. The second-order valence-corrected chi connectivity index (χ2v) is 7.11. The molecule has 1 atom stereocenters. The summed E-state index contributed by atoms with van der Waals surface area (Å²) in [7, 11) is 0. The number of hydrogen-bond acceptors (Lipinski definition) is 2. The maximum Gasteiger partial charge on any atom is 0.245 e. The fraction of sp³-hybridized carbons (Fsp3) is 0.714. The molecule has 0 bridgehead atoms. The van der Waals surface area contributed by atoms with E-state index < -0.39 is 0 Å². The van der Waals surface area contributed by atoms with Crippen LogP contribution in [0.1, 0.15) is 65.2 Å². The fourth-order valence-corrected chi connectivity index (χ4v) is 3.89. The zero-order valence-corrected chi connectivity index (χ0v) is 15.6. The van der Waals surface area contributed by atoms with Gasteiger partial charge in [0.25, 0.3) is 0 Å². The number of amides is 1. The van der Waals surface area contributed by atoms with Crippen molar-refractivity contribution in [1.82, 2.24) is 4.90 Å². The quantitative estimate of drug-likeness (QED) is 0.510. The van der Waals surface area contributed by atoms with E-state index in [2.05, 4.69) is 20.1 Å². The highest BCUT2D eigenvalue weighted by Crippen LogP contribution is 2.33. The second kappa shape index (κ2) is 11.2. The highest BCUT2D eigenvalue weighted by atomic mass is 16.2. The van der Waals surface area contributed by atoms with Gasteiger partial charge in [-0.25, -0.2) is 0 Å². The number of likely N-dealkylation sites (N-methyl/N-ethyl adjacent to an activating group) is 1. The second-order valence-electron chi connectivity index (χ2n) is 7.11. The van der Waals surface area contributed by atoms with E-state index in [0.717, 1.165) is 38.3 Å². The number of carbonyl (C=O) groups excluding carboxylic acids is 2. The molecule has 0 heterocycles. The highest BCUT2D eigenvalue weighted by molar-refractivity contribution is 5.91. The summed E-state index contributed by atoms with van der Waals surface area (Å²) < 4.78 is 0. The van der Waals surface area contributed by atoms with Gasteiger partial charge >= 0.3 is 0 Å². The SMILES string of the molecule is C=CC(=O)[C@H](CC)CCCC1CCC(CN(CC)C(=O)C=C)CC1. The Kier molecular flexibility index (Phi) is 9.66. The topological polar surface area (TPSA) is 37.4 Å². The van der Waals surface area contributed by atoms with E-state index in [1.54, 1.807) is 0 Å². The molecule has 0 saturated heterocycles. The van der Waals surface area contributed by atoms with Crippen molar-refractivity contribution in [2.24, 2.45) is 17.8 Å². The zero-order valence-electron chi connectivity index (χ0n) is 15.6.